The second-order valence-corrected chi connectivity index (χ2v) is 4.39. The highest BCUT2D eigenvalue weighted by molar-refractivity contribution is 5.88. The largest absolute Gasteiger partial charge is 0.497 e. The van der Waals surface area contributed by atoms with Gasteiger partial charge < -0.3 is 15.2 Å². The summed E-state index contributed by atoms with van der Waals surface area (Å²) in [6, 6.07) is 7.72. The molecule has 1 aromatic carbocycles. The third-order valence-corrected chi connectivity index (χ3v) is 3.05. The van der Waals surface area contributed by atoms with Crippen LogP contribution in [-0.2, 0) is 20.1 Å². The average Bonchev–Trinajstić information content (AvgIpc) is 2.81. The zero-order valence-corrected chi connectivity index (χ0v) is 11.5. The first-order chi connectivity index (χ1) is 9.61. The molecule has 0 unspecified atom stereocenters. The van der Waals surface area contributed by atoms with Crippen LogP contribution < -0.4 is 10.1 Å². The van der Waals surface area contributed by atoms with Crippen molar-refractivity contribution in [1.82, 2.24) is 15.1 Å². The number of carboxylic acids is 1. The highest BCUT2D eigenvalue weighted by Crippen LogP contribution is 2.13. The lowest BCUT2D eigenvalue weighted by Gasteiger charge is -2.08. The lowest BCUT2D eigenvalue weighted by atomic mass is 10.2. The van der Waals surface area contributed by atoms with E-state index >= 15 is 0 Å². The first-order valence-electron chi connectivity index (χ1n) is 6.19. The van der Waals surface area contributed by atoms with Crippen molar-refractivity contribution in [3.8, 4) is 5.75 Å². The SMILES string of the molecule is COc1cccc(CNCc2c(C(=O)O)cnn2C)c1. The Hall–Kier alpha value is -2.34. The zero-order chi connectivity index (χ0) is 14.5. The summed E-state index contributed by atoms with van der Waals surface area (Å²) in [7, 11) is 3.36. The Bertz CT molecular complexity index is 607. The van der Waals surface area contributed by atoms with E-state index in [1.54, 1.807) is 18.8 Å². The molecule has 0 aliphatic rings. The quantitative estimate of drug-likeness (QED) is 0.833. The van der Waals surface area contributed by atoms with Crippen molar-refractivity contribution in [2.75, 3.05) is 7.11 Å². The number of nitrogens with one attached hydrogen (secondary N) is 1. The summed E-state index contributed by atoms with van der Waals surface area (Å²) in [6.07, 6.45) is 1.37. The number of benzene rings is 1. The number of nitrogens with zero attached hydrogens (tertiary/aromatic N) is 2. The molecule has 2 rings (SSSR count). The van der Waals surface area contributed by atoms with E-state index in [2.05, 4.69) is 10.4 Å². The molecule has 0 aliphatic heterocycles. The third-order valence-electron chi connectivity index (χ3n) is 3.05. The van der Waals surface area contributed by atoms with Gasteiger partial charge in [0.15, 0.2) is 0 Å². The van der Waals surface area contributed by atoms with Gasteiger partial charge in [-0.1, -0.05) is 12.1 Å². The molecule has 2 aromatic rings. The molecule has 20 heavy (non-hydrogen) atoms. The van der Waals surface area contributed by atoms with Gasteiger partial charge in [0, 0.05) is 20.1 Å². The smallest absolute Gasteiger partial charge is 0.339 e. The molecule has 1 aromatic heterocycles. The predicted molar refractivity (Wildman–Crippen MR) is 73.7 cm³/mol. The van der Waals surface area contributed by atoms with Crippen LogP contribution in [0.15, 0.2) is 30.5 Å². The highest BCUT2D eigenvalue weighted by atomic mass is 16.5. The topological polar surface area (TPSA) is 76.4 Å². The fourth-order valence-corrected chi connectivity index (χ4v) is 1.96. The summed E-state index contributed by atoms with van der Waals surface area (Å²) in [5.74, 6) is -0.160. The van der Waals surface area contributed by atoms with Crippen LogP contribution in [0, 0.1) is 0 Å². The molecule has 0 radical (unpaired) electrons. The van der Waals surface area contributed by atoms with Crippen LogP contribution in [0.1, 0.15) is 21.6 Å². The number of hydrogen-bond acceptors (Lipinski definition) is 4. The van der Waals surface area contributed by atoms with Gasteiger partial charge in [-0.15, -0.1) is 0 Å². The molecule has 0 aliphatic carbocycles. The molecule has 0 atom stereocenters. The van der Waals surface area contributed by atoms with Crippen LogP contribution in [0.25, 0.3) is 0 Å². The van der Waals surface area contributed by atoms with Crippen molar-refractivity contribution in [3.05, 3.63) is 47.3 Å². The maximum absolute atomic E-state index is 11.1. The number of hydrogen-bond donors (Lipinski definition) is 2. The fraction of sp³-hybridized carbons (Fsp3) is 0.286. The average molecular weight is 275 g/mol. The first-order valence-corrected chi connectivity index (χ1v) is 6.19. The van der Waals surface area contributed by atoms with Crippen molar-refractivity contribution in [3.63, 3.8) is 0 Å². The minimum atomic E-state index is -0.962. The normalized spacial score (nSPS) is 10.5. The van der Waals surface area contributed by atoms with Crippen LogP contribution in [0.5, 0.6) is 5.75 Å². The summed E-state index contributed by atoms with van der Waals surface area (Å²) >= 11 is 0. The Morgan fingerprint density at radius 2 is 2.25 bits per heavy atom. The van der Waals surface area contributed by atoms with E-state index in [0.717, 1.165) is 11.3 Å². The van der Waals surface area contributed by atoms with Crippen LogP contribution in [0.3, 0.4) is 0 Å². The Kier molecular flexibility index (Phi) is 4.37. The van der Waals surface area contributed by atoms with Crippen LogP contribution in [-0.4, -0.2) is 28.0 Å². The summed E-state index contributed by atoms with van der Waals surface area (Å²) in [5.41, 5.74) is 1.95. The van der Waals surface area contributed by atoms with Gasteiger partial charge in [0.1, 0.15) is 11.3 Å². The minimum absolute atomic E-state index is 0.227. The monoisotopic (exact) mass is 275 g/mol. The van der Waals surface area contributed by atoms with E-state index in [1.165, 1.54) is 6.20 Å². The molecule has 0 spiro atoms. The maximum atomic E-state index is 11.1. The van der Waals surface area contributed by atoms with E-state index in [-0.39, 0.29) is 5.56 Å². The van der Waals surface area contributed by atoms with Crippen molar-refractivity contribution < 1.29 is 14.6 Å². The standard InChI is InChI=1S/C14H17N3O3/c1-17-13(12(8-16-17)14(18)19)9-15-7-10-4-3-5-11(6-10)20-2/h3-6,8,15H,7,9H2,1-2H3,(H,18,19). The second kappa shape index (κ2) is 6.21. The molecule has 6 heteroatoms. The molecule has 0 fully saturated rings. The van der Waals surface area contributed by atoms with E-state index in [4.69, 9.17) is 9.84 Å². The van der Waals surface area contributed by atoms with E-state index < -0.39 is 5.97 Å². The van der Waals surface area contributed by atoms with Crippen LogP contribution >= 0.6 is 0 Å². The molecule has 1 heterocycles. The van der Waals surface area contributed by atoms with Gasteiger partial charge in [0.2, 0.25) is 0 Å². The number of aryl methyl sites for hydroxylation is 1. The van der Waals surface area contributed by atoms with Crippen molar-refractivity contribution in [2.24, 2.45) is 7.05 Å². The molecule has 0 bridgehead atoms. The number of methoxy groups -OCH3 is 1. The van der Waals surface area contributed by atoms with E-state index in [9.17, 15) is 4.79 Å². The van der Waals surface area contributed by atoms with Crippen LogP contribution in [0.4, 0.5) is 0 Å². The number of aromatic nitrogens is 2. The minimum Gasteiger partial charge on any atom is -0.497 e. The van der Waals surface area contributed by atoms with Gasteiger partial charge in [0.05, 0.1) is 19.0 Å². The molecule has 2 N–H and O–H groups in total. The van der Waals surface area contributed by atoms with Gasteiger partial charge in [-0.05, 0) is 17.7 Å². The highest BCUT2D eigenvalue weighted by Gasteiger charge is 2.14. The summed E-state index contributed by atoms with van der Waals surface area (Å²) < 4.78 is 6.73. The Balaban J connectivity index is 1.99. The van der Waals surface area contributed by atoms with Crippen molar-refractivity contribution >= 4 is 5.97 Å². The molecular formula is C14H17N3O3. The van der Waals surface area contributed by atoms with Gasteiger partial charge >= 0.3 is 5.97 Å². The number of carboxylic acid groups (broad SMARTS) is 1. The van der Waals surface area contributed by atoms with Crippen LogP contribution in [0.2, 0.25) is 0 Å². The van der Waals surface area contributed by atoms with Crippen molar-refractivity contribution in [1.29, 1.82) is 0 Å². The number of ether oxygens (including phenoxy) is 1. The second-order valence-electron chi connectivity index (χ2n) is 4.39. The molecule has 106 valence electrons. The van der Waals surface area contributed by atoms with Gasteiger partial charge in [-0.2, -0.15) is 5.10 Å². The van der Waals surface area contributed by atoms with E-state index in [0.29, 0.717) is 18.8 Å². The summed E-state index contributed by atoms with van der Waals surface area (Å²) in [5, 5.41) is 16.2. The maximum Gasteiger partial charge on any atom is 0.339 e. The zero-order valence-electron chi connectivity index (χ0n) is 11.5. The Morgan fingerprint density at radius 3 is 2.95 bits per heavy atom. The fourth-order valence-electron chi connectivity index (χ4n) is 1.96. The van der Waals surface area contributed by atoms with Gasteiger partial charge in [0.25, 0.3) is 0 Å². The predicted octanol–water partition coefficient (Wildman–Crippen LogP) is 1.42. The number of rotatable bonds is 6. The molecule has 0 saturated carbocycles. The van der Waals surface area contributed by atoms with Gasteiger partial charge in [-0.3, -0.25) is 4.68 Å². The first kappa shape index (κ1) is 14.1. The number of aromatic carboxylic acids is 1. The van der Waals surface area contributed by atoms with E-state index in [1.807, 2.05) is 24.3 Å². The molecular weight excluding hydrogens is 258 g/mol. The third kappa shape index (κ3) is 3.16. The van der Waals surface area contributed by atoms with Gasteiger partial charge in [-0.25, -0.2) is 4.79 Å². The molecule has 6 nitrogen and oxygen atoms in total. The Labute approximate surface area is 117 Å². The lowest BCUT2D eigenvalue weighted by Crippen LogP contribution is -2.17. The molecule has 0 saturated heterocycles. The lowest BCUT2D eigenvalue weighted by molar-refractivity contribution is 0.0695. The summed E-state index contributed by atoms with van der Waals surface area (Å²) in [6.45, 7) is 1.07. The van der Waals surface area contributed by atoms with Crippen molar-refractivity contribution in [2.45, 2.75) is 13.1 Å². The molecule has 0 amide bonds. The summed E-state index contributed by atoms with van der Waals surface area (Å²) in [4.78, 5) is 11.1. The number of carbonyl (C=O) groups is 1. The Morgan fingerprint density at radius 1 is 1.45 bits per heavy atom.